The summed E-state index contributed by atoms with van der Waals surface area (Å²) in [6.45, 7) is 1.40. The first kappa shape index (κ1) is 14.0. The highest BCUT2D eigenvalue weighted by molar-refractivity contribution is 6.29. The lowest BCUT2D eigenvalue weighted by atomic mass is 10.2. The molecule has 1 unspecified atom stereocenters. The van der Waals surface area contributed by atoms with E-state index < -0.39 is 0 Å². The summed E-state index contributed by atoms with van der Waals surface area (Å²) in [5, 5.41) is 0.860. The molecule has 4 nitrogen and oxygen atoms in total. The predicted molar refractivity (Wildman–Crippen MR) is 88.1 cm³/mol. The van der Waals surface area contributed by atoms with Gasteiger partial charge >= 0.3 is 0 Å². The normalized spacial score (nSPS) is 26.5. The Kier molecular flexibility index (Phi) is 3.51. The Morgan fingerprint density at radius 2 is 2.14 bits per heavy atom. The lowest BCUT2D eigenvalue weighted by Crippen LogP contribution is -2.37. The summed E-state index contributed by atoms with van der Waals surface area (Å²) in [6.07, 6.45) is 5.89. The number of nitrogens with zero attached hydrogens (tertiary/aromatic N) is 2. The van der Waals surface area contributed by atoms with Crippen LogP contribution in [-0.4, -0.2) is 32.7 Å². The van der Waals surface area contributed by atoms with Gasteiger partial charge in [0.1, 0.15) is 18.5 Å². The Bertz CT molecular complexity index is 643. The maximum atomic E-state index is 6.14. The average Bonchev–Trinajstić information content (AvgIpc) is 3.06. The third-order valence-corrected chi connectivity index (χ3v) is 4.65. The van der Waals surface area contributed by atoms with Gasteiger partial charge in [-0.2, -0.15) is 0 Å². The molecule has 2 atom stereocenters. The van der Waals surface area contributed by atoms with Crippen LogP contribution in [0.15, 0.2) is 47.2 Å². The summed E-state index contributed by atoms with van der Waals surface area (Å²) in [7, 11) is 2.07. The van der Waals surface area contributed by atoms with E-state index in [4.69, 9.17) is 21.1 Å². The van der Waals surface area contributed by atoms with Crippen molar-refractivity contribution in [2.45, 2.75) is 25.3 Å². The SMILES string of the molecule is CN1c2ccccc2N2C[C@@H](COC3=CCCC(Cl)=C3)OC12. The molecule has 1 aromatic carbocycles. The minimum absolute atomic E-state index is 0.0227. The van der Waals surface area contributed by atoms with Crippen LogP contribution in [0.2, 0.25) is 0 Å². The van der Waals surface area contributed by atoms with Gasteiger partial charge in [-0.25, -0.2) is 0 Å². The fourth-order valence-electron chi connectivity index (χ4n) is 3.26. The number of fused-ring (bicyclic) bond motifs is 3. The number of anilines is 2. The van der Waals surface area contributed by atoms with E-state index in [0.717, 1.165) is 30.2 Å². The van der Waals surface area contributed by atoms with Crippen molar-refractivity contribution in [3.8, 4) is 0 Å². The molecule has 22 heavy (non-hydrogen) atoms. The summed E-state index contributed by atoms with van der Waals surface area (Å²) < 4.78 is 12.0. The van der Waals surface area contributed by atoms with E-state index in [1.807, 2.05) is 6.08 Å². The Labute approximate surface area is 135 Å². The molecule has 1 aromatic rings. The molecule has 4 rings (SSSR count). The van der Waals surface area contributed by atoms with Crippen molar-refractivity contribution in [3.63, 3.8) is 0 Å². The van der Waals surface area contributed by atoms with Gasteiger partial charge in [0.05, 0.1) is 17.9 Å². The third-order valence-electron chi connectivity index (χ3n) is 4.35. The first-order valence-corrected chi connectivity index (χ1v) is 8.03. The second kappa shape index (κ2) is 5.52. The van der Waals surface area contributed by atoms with Crippen molar-refractivity contribution in [2.24, 2.45) is 0 Å². The Morgan fingerprint density at radius 3 is 2.95 bits per heavy atom. The van der Waals surface area contributed by atoms with Gasteiger partial charge in [-0.15, -0.1) is 0 Å². The van der Waals surface area contributed by atoms with Crippen molar-refractivity contribution in [3.05, 3.63) is 47.2 Å². The largest absolute Gasteiger partial charge is 0.491 e. The van der Waals surface area contributed by atoms with Crippen LogP contribution < -0.4 is 9.80 Å². The van der Waals surface area contributed by atoms with Crippen LogP contribution in [0.1, 0.15) is 12.8 Å². The summed E-state index contributed by atoms with van der Waals surface area (Å²) in [5.74, 6) is 0.862. The van der Waals surface area contributed by atoms with E-state index in [1.165, 1.54) is 11.4 Å². The molecule has 116 valence electrons. The molecule has 0 bridgehead atoms. The lowest BCUT2D eigenvalue weighted by molar-refractivity contribution is 0.00978. The van der Waals surface area contributed by atoms with Gasteiger partial charge in [0.25, 0.3) is 0 Å². The van der Waals surface area contributed by atoms with Crippen LogP contribution in [0.25, 0.3) is 0 Å². The van der Waals surface area contributed by atoms with Gasteiger partial charge in [0.15, 0.2) is 0 Å². The third kappa shape index (κ3) is 2.36. The Hall–Kier alpha value is -1.65. The van der Waals surface area contributed by atoms with Crippen molar-refractivity contribution in [2.75, 3.05) is 30.0 Å². The molecule has 2 aliphatic heterocycles. The molecule has 0 amide bonds. The molecule has 5 heteroatoms. The smallest absolute Gasteiger partial charge is 0.210 e. The number of hydrogen-bond donors (Lipinski definition) is 0. The first-order valence-electron chi connectivity index (χ1n) is 7.65. The molecule has 1 aliphatic carbocycles. The summed E-state index contributed by atoms with van der Waals surface area (Å²) in [5.41, 5.74) is 2.45. The lowest BCUT2D eigenvalue weighted by Gasteiger charge is -2.22. The van der Waals surface area contributed by atoms with Crippen molar-refractivity contribution < 1.29 is 9.47 Å². The molecular formula is C17H19ClN2O2. The molecular weight excluding hydrogens is 300 g/mol. The van der Waals surface area contributed by atoms with Gasteiger partial charge in [0, 0.05) is 12.1 Å². The number of rotatable bonds is 3. The molecule has 0 aromatic heterocycles. The zero-order valence-electron chi connectivity index (χ0n) is 12.5. The van der Waals surface area contributed by atoms with Gasteiger partial charge in [-0.3, -0.25) is 0 Å². The van der Waals surface area contributed by atoms with E-state index in [9.17, 15) is 0 Å². The topological polar surface area (TPSA) is 24.9 Å². The molecule has 3 aliphatic rings. The van der Waals surface area contributed by atoms with Crippen LogP contribution in [-0.2, 0) is 9.47 Å². The molecule has 0 saturated carbocycles. The maximum Gasteiger partial charge on any atom is 0.210 e. The van der Waals surface area contributed by atoms with E-state index in [2.05, 4.69) is 47.2 Å². The number of halogens is 1. The standard InChI is InChI=1S/C17H19ClN2O2/c1-19-15-7-2-3-8-16(15)20-10-14(22-17(19)20)11-21-13-6-4-5-12(18)9-13/h2-3,6-9,14,17H,4-5,10-11H2,1H3/t14-,17?/m0/s1. The van der Waals surface area contributed by atoms with Crippen molar-refractivity contribution in [1.29, 1.82) is 0 Å². The van der Waals surface area contributed by atoms with Gasteiger partial charge < -0.3 is 19.3 Å². The number of para-hydroxylation sites is 2. The number of benzene rings is 1. The zero-order valence-corrected chi connectivity index (χ0v) is 13.3. The highest BCUT2D eigenvalue weighted by Crippen LogP contribution is 2.41. The number of hydrogen-bond acceptors (Lipinski definition) is 4. The van der Waals surface area contributed by atoms with Crippen LogP contribution in [0, 0.1) is 0 Å². The second-order valence-corrected chi connectivity index (χ2v) is 6.37. The van der Waals surface area contributed by atoms with E-state index in [1.54, 1.807) is 0 Å². The van der Waals surface area contributed by atoms with Gasteiger partial charge in [-0.05, 0) is 37.1 Å². The van der Waals surface area contributed by atoms with Crippen LogP contribution in [0.3, 0.4) is 0 Å². The van der Waals surface area contributed by atoms with Gasteiger partial charge in [-0.1, -0.05) is 23.7 Å². The maximum absolute atomic E-state index is 6.14. The van der Waals surface area contributed by atoms with E-state index >= 15 is 0 Å². The molecule has 1 fully saturated rings. The molecule has 0 N–H and O–H groups in total. The number of allylic oxidation sites excluding steroid dienone is 3. The Balaban J connectivity index is 1.41. The fourth-order valence-corrected chi connectivity index (χ4v) is 3.48. The minimum Gasteiger partial charge on any atom is -0.491 e. The second-order valence-electron chi connectivity index (χ2n) is 5.88. The number of ether oxygens (including phenoxy) is 2. The molecule has 2 heterocycles. The highest BCUT2D eigenvalue weighted by Gasteiger charge is 2.42. The average molecular weight is 319 g/mol. The van der Waals surface area contributed by atoms with Crippen molar-refractivity contribution >= 4 is 23.0 Å². The van der Waals surface area contributed by atoms with Crippen LogP contribution in [0.5, 0.6) is 0 Å². The van der Waals surface area contributed by atoms with Crippen LogP contribution >= 0.6 is 11.6 Å². The summed E-state index contributed by atoms with van der Waals surface area (Å²) in [6, 6.07) is 8.40. The zero-order chi connectivity index (χ0) is 15.1. The molecule has 1 saturated heterocycles. The quantitative estimate of drug-likeness (QED) is 0.852. The van der Waals surface area contributed by atoms with Gasteiger partial charge in [0.2, 0.25) is 6.35 Å². The Morgan fingerprint density at radius 1 is 1.32 bits per heavy atom. The van der Waals surface area contributed by atoms with Crippen LogP contribution in [0.4, 0.5) is 11.4 Å². The fraction of sp³-hybridized carbons (Fsp3) is 0.412. The molecule has 0 radical (unpaired) electrons. The summed E-state index contributed by atoms with van der Waals surface area (Å²) in [4.78, 5) is 4.47. The van der Waals surface area contributed by atoms with E-state index in [0.29, 0.717) is 6.61 Å². The predicted octanol–water partition coefficient (Wildman–Crippen LogP) is 3.44. The minimum atomic E-state index is -0.0227. The first-order chi connectivity index (χ1) is 10.7. The monoisotopic (exact) mass is 318 g/mol. The van der Waals surface area contributed by atoms with Crippen molar-refractivity contribution in [1.82, 2.24) is 0 Å². The highest BCUT2D eigenvalue weighted by atomic mass is 35.5. The van der Waals surface area contributed by atoms with E-state index in [-0.39, 0.29) is 12.5 Å². The summed E-state index contributed by atoms with van der Waals surface area (Å²) >= 11 is 6.05. The molecule has 0 spiro atoms.